The van der Waals surface area contributed by atoms with Gasteiger partial charge in [0.05, 0.1) is 30.2 Å². The monoisotopic (exact) mass is 533 g/mol. The second-order valence-electron chi connectivity index (χ2n) is 9.39. The number of hydrogen-bond donors (Lipinski definition) is 2. The summed E-state index contributed by atoms with van der Waals surface area (Å²) >= 11 is 0. The van der Waals surface area contributed by atoms with E-state index in [0.717, 1.165) is 11.6 Å². The van der Waals surface area contributed by atoms with Crippen molar-refractivity contribution < 1.29 is 18.3 Å². The summed E-state index contributed by atoms with van der Waals surface area (Å²) in [6, 6.07) is 12.6. The van der Waals surface area contributed by atoms with Gasteiger partial charge < -0.3 is 15.4 Å². The molecule has 11 heteroatoms. The first-order valence-electron chi connectivity index (χ1n) is 12.6. The lowest BCUT2D eigenvalue weighted by atomic mass is 9.94. The fourth-order valence-electron chi connectivity index (χ4n) is 4.91. The topological polar surface area (TPSA) is 97.2 Å². The molecule has 0 radical (unpaired) electrons. The summed E-state index contributed by atoms with van der Waals surface area (Å²) in [6.45, 7) is 4.11. The number of urea groups is 1. The van der Waals surface area contributed by atoms with Crippen molar-refractivity contribution in [2.24, 2.45) is 0 Å². The highest BCUT2D eigenvalue weighted by molar-refractivity contribution is 5.95. The number of anilines is 1. The van der Waals surface area contributed by atoms with Crippen molar-refractivity contribution in [2.45, 2.75) is 18.9 Å². The number of aromatic nitrogens is 4. The van der Waals surface area contributed by atoms with E-state index in [1.54, 1.807) is 36.4 Å². The molecule has 1 aliphatic heterocycles. The Hall–Kier alpha value is -4.22. The van der Waals surface area contributed by atoms with Gasteiger partial charge in [-0.15, -0.1) is 0 Å². The predicted octanol–water partition coefficient (Wildman–Crippen LogP) is 4.15. The van der Waals surface area contributed by atoms with Crippen LogP contribution in [-0.4, -0.2) is 70.1 Å². The van der Waals surface area contributed by atoms with E-state index in [-0.39, 0.29) is 12.0 Å². The van der Waals surface area contributed by atoms with Gasteiger partial charge in [0.25, 0.3) is 0 Å². The molecule has 0 saturated carbocycles. The molecular weight excluding hydrogens is 504 g/mol. The maximum Gasteiger partial charge on any atom is 0.319 e. The van der Waals surface area contributed by atoms with E-state index in [2.05, 4.69) is 25.5 Å². The normalized spacial score (nSPS) is 17.3. The molecule has 2 atom stereocenters. The maximum atomic E-state index is 14.1. The van der Waals surface area contributed by atoms with E-state index in [9.17, 15) is 13.6 Å². The SMILES string of the molecule is COCCN1CC(NC(=O)Nc2c(-c3ccccc3)nn(-c3cnccn3)c2C)C(c2ccc(F)c(F)c2)C1. The Morgan fingerprint density at radius 1 is 1.10 bits per heavy atom. The quantitative estimate of drug-likeness (QED) is 0.353. The van der Waals surface area contributed by atoms with Gasteiger partial charge in [-0.2, -0.15) is 5.10 Å². The van der Waals surface area contributed by atoms with Gasteiger partial charge in [-0.05, 0) is 24.6 Å². The molecule has 2 N–H and O–H groups in total. The van der Waals surface area contributed by atoms with E-state index in [1.807, 2.05) is 37.3 Å². The van der Waals surface area contributed by atoms with Crippen molar-refractivity contribution in [2.75, 3.05) is 38.7 Å². The second-order valence-corrected chi connectivity index (χ2v) is 9.39. The zero-order valence-corrected chi connectivity index (χ0v) is 21.6. The lowest BCUT2D eigenvalue weighted by molar-refractivity contribution is 0.159. The number of carbonyl (C=O) groups is 1. The molecule has 39 heavy (non-hydrogen) atoms. The average Bonchev–Trinajstić information content (AvgIpc) is 3.50. The summed E-state index contributed by atoms with van der Waals surface area (Å²) in [5, 5.41) is 10.8. The Morgan fingerprint density at radius 3 is 2.64 bits per heavy atom. The molecule has 2 amide bonds. The zero-order valence-electron chi connectivity index (χ0n) is 21.6. The highest BCUT2D eigenvalue weighted by Crippen LogP contribution is 2.32. The number of hydrogen-bond acceptors (Lipinski definition) is 6. The first-order chi connectivity index (χ1) is 18.9. The lowest BCUT2D eigenvalue weighted by Crippen LogP contribution is -2.42. The molecule has 0 aliphatic carbocycles. The summed E-state index contributed by atoms with van der Waals surface area (Å²) in [6.07, 6.45) is 4.75. The summed E-state index contributed by atoms with van der Waals surface area (Å²) in [4.78, 5) is 24.0. The third-order valence-corrected chi connectivity index (χ3v) is 6.86. The van der Waals surface area contributed by atoms with Crippen molar-refractivity contribution in [3.05, 3.63) is 90.0 Å². The summed E-state index contributed by atoms with van der Waals surface area (Å²) in [5.41, 5.74) is 3.23. The Balaban J connectivity index is 1.42. The van der Waals surface area contributed by atoms with Crippen LogP contribution in [0.1, 0.15) is 17.2 Å². The number of nitrogens with zero attached hydrogens (tertiary/aromatic N) is 5. The molecule has 4 aromatic rings. The maximum absolute atomic E-state index is 14.1. The molecule has 1 saturated heterocycles. The number of ether oxygens (including phenoxy) is 1. The van der Waals surface area contributed by atoms with Crippen LogP contribution in [0.4, 0.5) is 19.3 Å². The number of likely N-dealkylation sites (tertiary alicyclic amines) is 1. The van der Waals surface area contributed by atoms with Crippen LogP contribution in [0.15, 0.2) is 67.1 Å². The van der Waals surface area contributed by atoms with Crippen molar-refractivity contribution in [3.63, 3.8) is 0 Å². The van der Waals surface area contributed by atoms with Gasteiger partial charge in [-0.3, -0.25) is 9.88 Å². The number of benzene rings is 2. The molecule has 2 unspecified atom stereocenters. The van der Waals surface area contributed by atoms with E-state index in [4.69, 9.17) is 9.84 Å². The van der Waals surface area contributed by atoms with Crippen LogP contribution in [-0.2, 0) is 4.74 Å². The van der Waals surface area contributed by atoms with Crippen molar-refractivity contribution >= 4 is 11.7 Å². The Morgan fingerprint density at radius 2 is 1.92 bits per heavy atom. The van der Waals surface area contributed by atoms with Gasteiger partial charge in [-0.1, -0.05) is 36.4 Å². The fourth-order valence-corrected chi connectivity index (χ4v) is 4.91. The van der Waals surface area contributed by atoms with Crippen molar-refractivity contribution in [3.8, 4) is 17.1 Å². The minimum Gasteiger partial charge on any atom is -0.383 e. The number of halogens is 2. The number of methoxy groups -OCH3 is 1. The number of nitrogens with one attached hydrogen (secondary N) is 2. The van der Waals surface area contributed by atoms with Crippen LogP contribution >= 0.6 is 0 Å². The van der Waals surface area contributed by atoms with Crippen molar-refractivity contribution in [1.82, 2.24) is 30.0 Å². The predicted molar refractivity (Wildman–Crippen MR) is 143 cm³/mol. The van der Waals surface area contributed by atoms with E-state index in [0.29, 0.717) is 54.7 Å². The van der Waals surface area contributed by atoms with Crippen molar-refractivity contribution in [1.29, 1.82) is 0 Å². The largest absolute Gasteiger partial charge is 0.383 e. The first kappa shape index (κ1) is 26.4. The Labute approximate surface area is 224 Å². The standard InChI is InChI=1S/C28H29F2N7O2/c1-18-26(27(19-6-4-3-5-7-19)35-37(18)25-15-31-10-11-32-25)34-28(38)33-24-17-36(12-13-39-2)16-21(24)20-8-9-22(29)23(30)14-20/h3-11,14-15,21,24H,12-13,16-17H2,1-2H3,(H2,33,34,38). The Kier molecular flexibility index (Phi) is 7.89. The van der Waals surface area contributed by atoms with Gasteiger partial charge in [0.1, 0.15) is 5.69 Å². The minimum atomic E-state index is -0.911. The molecule has 0 spiro atoms. The van der Waals surface area contributed by atoms with Crippen LogP contribution < -0.4 is 10.6 Å². The second kappa shape index (κ2) is 11.7. The number of carbonyl (C=O) groups excluding carboxylic acids is 1. The molecule has 2 aromatic carbocycles. The van der Waals surface area contributed by atoms with Crippen LogP contribution in [0.3, 0.4) is 0 Å². The van der Waals surface area contributed by atoms with Gasteiger partial charge >= 0.3 is 6.03 Å². The van der Waals surface area contributed by atoms with Crippen LogP contribution in [0.25, 0.3) is 17.1 Å². The smallest absolute Gasteiger partial charge is 0.319 e. The lowest BCUT2D eigenvalue weighted by Gasteiger charge is -2.21. The van der Waals surface area contributed by atoms with Gasteiger partial charge in [0.15, 0.2) is 17.5 Å². The highest BCUT2D eigenvalue weighted by atomic mass is 19.2. The number of rotatable bonds is 8. The molecule has 3 heterocycles. The van der Waals surface area contributed by atoms with Crippen LogP contribution in [0, 0.1) is 18.6 Å². The summed E-state index contributed by atoms with van der Waals surface area (Å²) in [7, 11) is 1.62. The summed E-state index contributed by atoms with van der Waals surface area (Å²) in [5.74, 6) is -1.53. The highest BCUT2D eigenvalue weighted by Gasteiger charge is 2.35. The minimum absolute atomic E-state index is 0.236. The molecule has 9 nitrogen and oxygen atoms in total. The first-order valence-corrected chi connectivity index (χ1v) is 12.6. The Bertz CT molecular complexity index is 1430. The molecule has 202 valence electrons. The van der Waals surface area contributed by atoms with Gasteiger partial charge in [-0.25, -0.2) is 23.2 Å². The summed E-state index contributed by atoms with van der Waals surface area (Å²) < 4.78 is 34.5. The third kappa shape index (κ3) is 5.79. The average molecular weight is 534 g/mol. The molecule has 1 fully saturated rings. The number of amides is 2. The fraction of sp³-hybridized carbons (Fsp3) is 0.286. The van der Waals surface area contributed by atoms with E-state index in [1.165, 1.54) is 6.07 Å². The van der Waals surface area contributed by atoms with Crippen LogP contribution in [0.5, 0.6) is 0 Å². The zero-order chi connectivity index (χ0) is 27.4. The third-order valence-electron chi connectivity index (χ3n) is 6.86. The molecule has 1 aliphatic rings. The van der Waals surface area contributed by atoms with E-state index < -0.39 is 17.7 Å². The van der Waals surface area contributed by atoms with Gasteiger partial charge in [0.2, 0.25) is 0 Å². The van der Waals surface area contributed by atoms with E-state index >= 15 is 0 Å². The molecule has 0 bridgehead atoms. The van der Waals surface area contributed by atoms with Crippen LogP contribution in [0.2, 0.25) is 0 Å². The molecule has 5 rings (SSSR count). The molecular formula is C28H29F2N7O2. The molecule has 2 aromatic heterocycles. The van der Waals surface area contributed by atoms with Gasteiger partial charge in [0, 0.05) is 50.6 Å².